The maximum atomic E-state index is 11.7. The van der Waals surface area contributed by atoms with Crippen LogP contribution < -0.4 is 16.0 Å². The van der Waals surface area contributed by atoms with Crippen molar-refractivity contribution in [2.45, 2.75) is 32.4 Å². The summed E-state index contributed by atoms with van der Waals surface area (Å²) >= 11 is 0. The largest absolute Gasteiger partial charge is 0.372 e. The first-order valence-electron chi connectivity index (χ1n) is 6.19. The van der Waals surface area contributed by atoms with Crippen LogP contribution in [-0.2, 0) is 4.79 Å². The molecule has 0 saturated carbocycles. The fraction of sp³-hybridized carbons (Fsp3) is 0.500. The lowest BCUT2D eigenvalue weighted by Gasteiger charge is -2.34. The van der Waals surface area contributed by atoms with Gasteiger partial charge in [0.2, 0.25) is 5.91 Å². The summed E-state index contributed by atoms with van der Waals surface area (Å²) in [5.74, 6) is -0.334. The Labute approximate surface area is 109 Å². The van der Waals surface area contributed by atoms with Crippen LogP contribution in [0.4, 0.5) is 5.69 Å². The molecular weight excluding hydrogens is 226 g/mol. The summed E-state index contributed by atoms with van der Waals surface area (Å²) in [6, 6.07) is 10.1. The number of anilines is 1. The third-order valence-electron chi connectivity index (χ3n) is 2.90. The predicted octanol–water partition coefficient (Wildman–Crippen LogP) is 1.36. The van der Waals surface area contributed by atoms with E-state index in [0.29, 0.717) is 6.54 Å². The van der Waals surface area contributed by atoms with Crippen LogP contribution >= 0.6 is 0 Å². The molecule has 1 atom stereocenters. The molecule has 0 aliphatic rings. The van der Waals surface area contributed by atoms with E-state index in [9.17, 15) is 4.79 Å². The summed E-state index contributed by atoms with van der Waals surface area (Å²) < 4.78 is 0. The number of hydrogen-bond donors (Lipinski definition) is 2. The van der Waals surface area contributed by atoms with Crippen molar-refractivity contribution in [1.29, 1.82) is 0 Å². The maximum Gasteiger partial charge on any atom is 0.239 e. The zero-order chi connectivity index (χ0) is 13.8. The summed E-state index contributed by atoms with van der Waals surface area (Å²) in [7, 11) is 1.96. The lowest BCUT2D eigenvalue weighted by molar-refractivity contribution is -0.123. The molecule has 1 aromatic rings. The van der Waals surface area contributed by atoms with Gasteiger partial charge in [0.05, 0.1) is 0 Å². The van der Waals surface area contributed by atoms with Gasteiger partial charge in [-0.05, 0) is 32.9 Å². The minimum Gasteiger partial charge on any atom is -0.372 e. The smallest absolute Gasteiger partial charge is 0.239 e. The van der Waals surface area contributed by atoms with Crippen molar-refractivity contribution < 1.29 is 4.79 Å². The SMILES string of the molecule is CC(C)NC(C)(CN(C)c1ccccc1)C(N)=O. The number of nitrogens with zero attached hydrogens (tertiary/aromatic N) is 1. The van der Waals surface area contributed by atoms with E-state index in [0.717, 1.165) is 5.69 Å². The Morgan fingerprint density at radius 3 is 2.39 bits per heavy atom. The number of para-hydroxylation sites is 1. The molecular formula is C14H23N3O. The molecule has 4 heteroatoms. The van der Waals surface area contributed by atoms with Gasteiger partial charge in [-0.15, -0.1) is 0 Å². The Balaban J connectivity index is 2.81. The van der Waals surface area contributed by atoms with Gasteiger partial charge in [0.1, 0.15) is 5.54 Å². The Morgan fingerprint density at radius 1 is 1.39 bits per heavy atom. The first-order chi connectivity index (χ1) is 8.35. The van der Waals surface area contributed by atoms with Gasteiger partial charge in [0, 0.05) is 25.3 Å². The van der Waals surface area contributed by atoms with Crippen LogP contribution in [0.25, 0.3) is 0 Å². The number of hydrogen-bond acceptors (Lipinski definition) is 3. The van der Waals surface area contributed by atoms with Gasteiger partial charge < -0.3 is 10.6 Å². The first kappa shape index (κ1) is 14.5. The van der Waals surface area contributed by atoms with Gasteiger partial charge in [-0.1, -0.05) is 18.2 Å². The van der Waals surface area contributed by atoms with Gasteiger partial charge in [-0.25, -0.2) is 0 Å². The molecule has 0 spiro atoms. The second-order valence-electron chi connectivity index (χ2n) is 5.19. The quantitative estimate of drug-likeness (QED) is 0.800. The van der Waals surface area contributed by atoms with Crippen LogP contribution in [0.15, 0.2) is 30.3 Å². The number of rotatable bonds is 6. The lowest BCUT2D eigenvalue weighted by Crippen LogP contribution is -2.61. The number of nitrogens with two attached hydrogens (primary N) is 1. The van der Waals surface area contributed by atoms with Gasteiger partial charge in [-0.2, -0.15) is 0 Å². The molecule has 0 aliphatic heterocycles. The van der Waals surface area contributed by atoms with Crippen molar-refractivity contribution in [3.05, 3.63) is 30.3 Å². The molecule has 1 aromatic carbocycles. The van der Waals surface area contributed by atoms with Crippen LogP contribution in [-0.4, -0.2) is 31.1 Å². The molecule has 0 aromatic heterocycles. The zero-order valence-corrected chi connectivity index (χ0v) is 11.6. The Kier molecular flexibility index (Phi) is 4.73. The molecule has 1 unspecified atom stereocenters. The number of nitrogens with one attached hydrogen (secondary N) is 1. The number of primary amides is 1. The van der Waals surface area contributed by atoms with Crippen molar-refractivity contribution in [3.63, 3.8) is 0 Å². The van der Waals surface area contributed by atoms with E-state index >= 15 is 0 Å². The summed E-state index contributed by atoms with van der Waals surface area (Å²) in [4.78, 5) is 13.7. The van der Waals surface area contributed by atoms with Crippen molar-refractivity contribution in [1.82, 2.24) is 5.32 Å². The first-order valence-corrected chi connectivity index (χ1v) is 6.19. The lowest BCUT2D eigenvalue weighted by atomic mass is 9.99. The number of benzene rings is 1. The highest BCUT2D eigenvalue weighted by Gasteiger charge is 2.32. The van der Waals surface area contributed by atoms with Gasteiger partial charge >= 0.3 is 0 Å². The molecule has 4 nitrogen and oxygen atoms in total. The summed E-state index contributed by atoms with van der Waals surface area (Å²) in [6.45, 7) is 6.38. The van der Waals surface area contributed by atoms with Crippen molar-refractivity contribution in [3.8, 4) is 0 Å². The van der Waals surface area contributed by atoms with E-state index in [1.54, 1.807) is 0 Å². The molecule has 0 aliphatic carbocycles. The minimum absolute atomic E-state index is 0.201. The molecule has 18 heavy (non-hydrogen) atoms. The van der Waals surface area contributed by atoms with Crippen molar-refractivity contribution in [2.24, 2.45) is 5.73 Å². The zero-order valence-electron chi connectivity index (χ0n) is 11.6. The third-order valence-corrected chi connectivity index (χ3v) is 2.90. The van der Waals surface area contributed by atoms with E-state index in [4.69, 9.17) is 5.73 Å². The molecule has 0 saturated heterocycles. The average molecular weight is 249 g/mol. The molecule has 100 valence electrons. The monoisotopic (exact) mass is 249 g/mol. The molecule has 0 bridgehead atoms. The number of amides is 1. The van der Waals surface area contributed by atoms with E-state index in [2.05, 4.69) is 5.32 Å². The van der Waals surface area contributed by atoms with Crippen molar-refractivity contribution >= 4 is 11.6 Å². The van der Waals surface area contributed by atoms with E-state index in [1.165, 1.54) is 0 Å². The van der Waals surface area contributed by atoms with Crippen LogP contribution in [0.2, 0.25) is 0 Å². The van der Waals surface area contributed by atoms with Crippen molar-refractivity contribution in [2.75, 3.05) is 18.5 Å². The summed E-state index contributed by atoms with van der Waals surface area (Å²) in [6.07, 6.45) is 0. The Hall–Kier alpha value is -1.55. The Bertz CT molecular complexity index is 391. The highest BCUT2D eigenvalue weighted by molar-refractivity contribution is 5.85. The highest BCUT2D eigenvalue weighted by atomic mass is 16.1. The topological polar surface area (TPSA) is 58.4 Å². The predicted molar refractivity (Wildman–Crippen MR) is 75.6 cm³/mol. The minimum atomic E-state index is -0.737. The summed E-state index contributed by atoms with van der Waals surface area (Å²) in [5, 5.41) is 3.24. The van der Waals surface area contributed by atoms with E-state index < -0.39 is 5.54 Å². The Morgan fingerprint density at radius 2 is 1.94 bits per heavy atom. The average Bonchev–Trinajstić information content (AvgIpc) is 2.28. The second-order valence-corrected chi connectivity index (χ2v) is 5.19. The molecule has 0 radical (unpaired) electrons. The fourth-order valence-electron chi connectivity index (χ4n) is 2.08. The normalized spacial score (nSPS) is 14.3. The molecule has 0 fully saturated rings. The van der Waals surface area contributed by atoms with E-state index in [-0.39, 0.29) is 11.9 Å². The summed E-state index contributed by atoms with van der Waals surface area (Å²) in [5.41, 5.74) is 5.85. The second kappa shape index (κ2) is 5.87. The molecule has 1 amide bonds. The van der Waals surface area contributed by atoms with Crippen LogP contribution in [0.3, 0.4) is 0 Å². The van der Waals surface area contributed by atoms with Gasteiger partial charge in [0.15, 0.2) is 0 Å². The molecule has 1 rings (SSSR count). The van der Waals surface area contributed by atoms with Crippen LogP contribution in [0.5, 0.6) is 0 Å². The number of likely N-dealkylation sites (N-methyl/N-ethyl adjacent to an activating group) is 1. The van der Waals surface area contributed by atoms with Gasteiger partial charge in [0.25, 0.3) is 0 Å². The molecule has 3 N–H and O–H groups in total. The number of carbonyl (C=O) groups is 1. The number of carbonyl (C=O) groups excluding carboxylic acids is 1. The molecule has 0 heterocycles. The van der Waals surface area contributed by atoms with Crippen LogP contribution in [0.1, 0.15) is 20.8 Å². The van der Waals surface area contributed by atoms with Gasteiger partial charge in [-0.3, -0.25) is 10.1 Å². The maximum absolute atomic E-state index is 11.7. The highest BCUT2D eigenvalue weighted by Crippen LogP contribution is 2.15. The standard InChI is InChI=1S/C14H23N3O/c1-11(2)16-14(3,13(15)18)10-17(4)12-8-6-5-7-9-12/h5-9,11,16H,10H2,1-4H3,(H2,15,18). The van der Waals surface area contributed by atoms with E-state index in [1.807, 2.05) is 63.1 Å². The third kappa shape index (κ3) is 3.74. The van der Waals surface area contributed by atoms with Crippen LogP contribution in [0, 0.1) is 0 Å². The fourth-order valence-corrected chi connectivity index (χ4v) is 2.08.